The first-order valence-electron chi connectivity index (χ1n) is 6.95. The number of non-ortho nitro benzene ring substituents is 1. The molecule has 0 aromatic heterocycles. The van der Waals surface area contributed by atoms with Crippen molar-refractivity contribution < 1.29 is 9.66 Å². The molecule has 0 unspecified atom stereocenters. The van der Waals surface area contributed by atoms with Crippen LogP contribution in [0.3, 0.4) is 0 Å². The van der Waals surface area contributed by atoms with E-state index in [1.807, 2.05) is 0 Å². The Morgan fingerprint density at radius 3 is 2.55 bits per heavy atom. The summed E-state index contributed by atoms with van der Waals surface area (Å²) >= 11 is 0. The zero-order valence-corrected chi connectivity index (χ0v) is 12.0. The molecule has 1 aliphatic heterocycles. The van der Waals surface area contributed by atoms with Crippen molar-refractivity contribution in [3.63, 3.8) is 0 Å². The molecule has 1 aromatic rings. The average Bonchev–Trinajstić information content (AvgIpc) is 2.47. The summed E-state index contributed by atoms with van der Waals surface area (Å²) in [7, 11) is 1.60. The van der Waals surface area contributed by atoms with Gasteiger partial charge in [-0.1, -0.05) is 6.92 Å². The van der Waals surface area contributed by atoms with Crippen LogP contribution in [0.5, 0.6) is 5.75 Å². The highest BCUT2D eigenvalue weighted by Gasteiger charge is 2.21. The number of rotatable bonds is 5. The summed E-state index contributed by atoms with van der Waals surface area (Å²) in [6.07, 6.45) is 1.15. The second-order valence-electron chi connectivity index (χ2n) is 4.94. The van der Waals surface area contributed by atoms with E-state index >= 15 is 0 Å². The Hall–Kier alpha value is -1.82. The maximum Gasteiger partial charge on any atom is 0.271 e. The molecule has 1 fully saturated rings. The minimum absolute atomic E-state index is 0.108. The van der Waals surface area contributed by atoms with Crippen LogP contribution in [0.25, 0.3) is 0 Å². The van der Waals surface area contributed by atoms with Gasteiger partial charge in [-0.15, -0.1) is 0 Å². The summed E-state index contributed by atoms with van der Waals surface area (Å²) in [5.74, 6) is 0.694. The molecule has 0 spiro atoms. The highest BCUT2D eigenvalue weighted by molar-refractivity contribution is 5.63. The topological polar surface area (TPSA) is 58.9 Å². The SMILES string of the molecule is CCCN1CCN(c2cc([N+](=O)[O-])ccc2OC)CC1. The molecule has 0 atom stereocenters. The van der Waals surface area contributed by atoms with Crippen molar-refractivity contribution in [1.82, 2.24) is 4.90 Å². The monoisotopic (exact) mass is 279 g/mol. The summed E-state index contributed by atoms with van der Waals surface area (Å²) in [5.41, 5.74) is 0.926. The van der Waals surface area contributed by atoms with Crippen LogP contribution < -0.4 is 9.64 Å². The first-order chi connectivity index (χ1) is 9.65. The minimum atomic E-state index is -0.365. The molecule has 1 saturated heterocycles. The highest BCUT2D eigenvalue weighted by Crippen LogP contribution is 2.32. The van der Waals surface area contributed by atoms with Crippen LogP contribution in [0.15, 0.2) is 18.2 Å². The van der Waals surface area contributed by atoms with Crippen molar-refractivity contribution in [1.29, 1.82) is 0 Å². The number of nitro benzene ring substituents is 1. The Bertz CT molecular complexity index is 471. The van der Waals surface area contributed by atoms with Gasteiger partial charge in [0.15, 0.2) is 0 Å². The first-order valence-corrected chi connectivity index (χ1v) is 6.95. The Morgan fingerprint density at radius 2 is 2.00 bits per heavy atom. The van der Waals surface area contributed by atoms with Crippen LogP contribution in [0.2, 0.25) is 0 Å². The molecule has 110 valence electrons. The van der Waals surface area contributed by atoms with Gasteiger partial charge in [-0.3, -0.25) is 15.0 Å². The minimum Gasteiger partial charge on any atom is -0.495 e. The van der Waals surface area contributed by atoms with Crippen molar-refractivity contribution in [2.75, 3.05) is 44.7 Å². The van der Waals surface area contributed by atoms with Gasteiger partial charge in [-0.2, -0.15) is 0 Å². The lowest BCUT2D eigenvalue weighted by molar-refractivity contribution is -0.384. The Kier molecular flexibility index (Phi) is 4.79. The zero-order valence-electron chi connectivity index (χ0n) is 12.0. The summed E-state index contributed by atoms with van der Waals surface area (Å²) < 4.78 is 5.33. The van der Waals surface area contributed by atoms with Crippen LogP contribution in [-0.4, -0.2) is 49.7 Å². The molecular formula is C14H21N3O3. The van der Waals surface area contributed by atoms with Crippen molar-refractivity contribution in [2.45, 2.75) is 13.3 Å². The number of piperazine rings is 1. The molecule has 6 heteroatoms. The summed E-state index contributed by atoms with van der Waals surface area (Å²) in [6, 6.07) is 4.76. The molecule has 0 radical (unpaired) electrons. The van der Waals surface area contributed by atoms with Crippen molar-refractivity contribution in [3.05, 3.63) is 28.3 Å². The van der Waals surface area contributed by atoms with Crippen LogP contribution in [0, 0.1) is 10.1 Å². The molecule has 1 heterocycles. The van der Waals surface area contributed by atoms with Gasteiger partial charge in [0, 0.05) is 38.3 Å². The molecule has 0 bridgehead atoms. The number of ether oxygens (including phenoxy) is 1. The molecule has 0 saturated carbocycles. The number of hydrogen-bond donors (Lipinski definition) is 0. The average molecular weight is 279 g/mol. The van der Waals surface area contributed by atoms with Crippen LogP contribution in [0.1, 0.15) is 13.3 Å². The Labute approximate surface area is 119 Å². The van der Waals surface area contributed by atoms with Crippen LogP contribution in [-0.2, 0) is 0 Å². The van der Waals surface area contributed by atoms with Crippen LogP contribution >= 0.6 is 0 Å². The quantitative estimate of drug-likeness (QED) is 0.610. The molecular weight excluding hydrogens is 258 g/mol. The van der Waals surface area contributed by atoms with Crippen molar-refractivity contribution in [3.8, 4) is 5.75 Å². The third-order valence-corrected chi connectivity index (χ3v) is 3.63. The highest BCUT2D eigenvalue weighted by atomic mass is 16.6. The Balaban J connectivity index is 2.15. The number of benzene rings is 1. The lowest BCUT2D eigenvalue weighted by atomic mass is 10.2. The normalized spacial score (nSPS) is 16.2. The number of nitro groups is 1. The van der Waals surface area contributed by atoms with E-state index in [0.29, 0.717) is 5.75 Å². The lowest BCUT2D eigenvalue weighted by Gasteiger charge is -2.36. The second kappa shape index (κ2) is 6.56. The maximum atomic E-state index is 10.9. The van der Waals surface area contributed by atoms with Gasteiger partial charge in [0.2, 0.25) is 0 Å². The van der Waals surface area contributed by atoms with Gasteiger partial charge in [-0.05, 0) is 19.0 Å². The van der Waals surface area contributed by atoms with E-state index in [9.17, 15) is 10.1 Å². The largest absolute Gasteiger partial charge is 0.495 e. The fourth-order valence-electron chi connectivity index (χ4n) is 2.57. The fraction of sp³-hybridized carbons (Fsp3) is 0.571. The first kappa shape index (κ1) is 14.6. The summed E-state index contributed by atoms with van der Waals surface area (Å²) in [4.78, 5) is 15.1. The predicted octanol–water partition coefficient (Wildman–Crippen LogP) is 2.14. The molecule has 6 nitrogen and oxygen atoms in total. The van der Waals surface area contributed by atoms with E-state index in [1.165, 1.54) is 6.07 Å². The molecule has 1 aromatic carbocycles. The second-order valence-corrected chi connectivity index (χ2v) is 4.94. The van der Waals surface area contributed by atoms with E-state index in [1.54, 1.807) is 19.2 Å². The van der Waals surface area contributed by atoms with Crippen LogP contribution in [0.4, 0.5) is 11.4 Å². The van der Waals surface area contributed by atoms with Crippen molar-refractivity contribution in [2.24, 2.45) is 0 Å². The summed E-state index contributed by atoms with van der Waals surface area (Å²) in [6.45, 7) is 7.00. The number of nitrogens with zero attached hydrogens (tertiary/aromatic N) is 3. The lowest BCUT2D eigenvalue weighted by Crippen LogP contribution is -2.46. The molecule has 20 heavy (non-hydrogen) atoms. The standard InChI is InChI=1S/C14H21N3O3/c1-3-6-15-7-9-16(10-8-15)13-11-12(17(18)19)4-5-14(13)20-2/h4-5,11H,3,6-10H2,1-2H3. The van der Waals surface area contributed by atoms with Gasteiger partial charge >= 0.3 is 0 Å². The van der Waals surface area contributed by atoms with E-state index < -0.39 is 0 Å². The third kappa shape index (κ3) is 3.19. The molecule has 1 aliphatic rings. The van der Waals surface area contributed by atoms with Gasteiger partial charge in [-0.25, -0.2) is 0 Å². The van der Waals surface area contributed by atoms with E-state index in [-0.39, 0.29) is 10.6 Å². The smallest absolute Gasteiger partial charge is 0.271 e. The number of anilines is 1. The third-order valence-electron chi connectivity index (χ3n) is 3.63. The van der Waals surface area contributed by atoms with Gasteiger partial charge < -0.3 is 9.64 Å². The molecule has 0 aliphatic carbocycles. The van der Waals surface area contributed by atoms with Gasteiger partial charge in [0.1, 0.15) is 5.75 Å². The fourth-order valence-corrected chi connectivity index (χ4v) is 2.57. The van der Waals surface area contributed by atoms with E-state index in [2.05, 4.69) is 16.7 Å². The Morgan fingerprint density at radius 1 is 1.30 bits per heavy atom. The zero-order chi connectivity index (χ0) is 14.5. The maximum absolute atomic E-state index is 10.9. The molecule has 0 amide bonds. The number of hydrogen-bond acceptors (Lipinski definition) is 5. The van der Waals surface area contributed by atoms with E-state index in [4.69, 9.17) is 4.74 Å². The molecule has 0 N–H and O–H groups in total. The van der Waals surface area contributed by atoms with Crippen molar-refractivity contribution >= 4 is 11.4 Å². The molecule has 2 rings (SSSR count). The predicted molar refractivity (Wildman–Crippen MR) is 78.6 cm³/mol. The summed E-state index contributed by atoms with van der Waals surface area (Å²) in [5, 5.41) is 10.9. The number of methoxy groups -OCH3 is 1. The van der Waals surface area contributed by atoms with Gasteiger partial charge in [0.05, 0.1) is 17.7 Å². The van der Waals surface area contributed by atoms with Gasteiger partial charge in [0.25, 0.3) is 5.69 Å². The van der Waals surface area contributed by atoms with E-state index in [0.717, 1.165) is 44.8 Å².